The second kappa shape index (κ2) is 2.81. The molecule has 3 heteroatoms. The molecule has 0 spiro atoms. The van der Waals surface area contributed by atoms with E-state index in [2.05, 4.69) is 9.97 Å². The third-order valence-corrected chi connectivity index (χ3v) is 1.65. The largest absolute Gasteiger partial charge is 0.308 e. The molecule has 0 aliphatic rings. The Kier molecular flexibility index (Phi) is 2.13. The fourth-order valence-electron chi connectivity index (χ4n) is 1.18. The number of hydrogen-bond acceptors (Lipinski definition) is 2. The summed E-state index contributed by atoms with van der Waals surface area (Å²) in [5.41, 5.74) is 1.59. The maximum atomic E-state index is 12.7. The van der Waals surface area contributed by atoms with Crippen LogP contribution in [0, 0.1) is 13.0 Å². The quantitative estimate of drug-likeness (QED) is 0.555. The van der Waals surface area contributed by atoms with Crippen LogP contribution in [-0.2, 0) is 5.41 Å². The Hall–Kier alpha value is -0.990. The van der Waals surface area contributed by atoms with E-state index in [1.54, 1.807) is 0 Å². The number of aromatic nitrogens is 2. The lowest BCUT2D eigenvalue weighted by molar-refractivity contribution is 0.492. The summed E-state index contributed by atoms with van der Waals surface area (Å²) in [4.78, 5) is 7.24. The third kappa shape index (κ3) is 1.78. The molecule has 2 nitrogen and oxygen atoms in total. The highest BCUT2D eigenvalue weighted by Gasteiger charge is 2.18. The second-order valence-electron chi connectivity index (χ2n) is 3.92. The number of nitrogens with zero attached hydrogens (tertiary/aromatic N) is 2. The molecule has 0 atom stereocenters. The first-order chi connectivity index (χ1) is 5.41. The molecule has 1 rings (SSSR count). The Balaban J connectivity index is 3.23. The van der Waals surface area contributed by atoms with Crippen LogP contribution in [0.2, 0.25) is 0 Å². The van der Waals surface area contributed by atoms with E-state index in [-0.39, 0.29) is 5.41 Å². The normalized spacial score (nSPS) is 11.8. The number of aryl methyl sites for hydroxylation is 1. The van der Waals surface area contributed by atoms with Crippen molar-refractivity contribution in [3.8, 4) is 0 Å². The van der Waals surface area contributed by atoms with Crippen LogP contribution in [-0.4, -0.2) is 9.97 Å². The fourth-order valence-corrected chi connectivity index (χ4v) is 1.18. The molecule has 1 aromatic rings. The van der Waals surface area contributed by atoms with E-state index in [1.165, 1.54) is 6.20 Å². The highest BCUT2D eigenvalue weighted by molar-refractivity contribution is 5.21. The summed E-state index contributed by atoms with van der Waals surface area (Å²) < 4.78 is 12.7. The van der Waals surface area contributed by atoms with Gasteiger partial charge in [0.05, 0.1) is 5.69 Å². The molecule has 1 aromatic heterocycles. The minimum absolute atomic E-state index is 0.117. The SMILES string of the molecule is Cc1cnc(F)nc1C(C)(C)C. The summed E-state index contributed by atoms with van der Waals surface area (Å²) in [6, 6.07) is 0. The first-order valence-electron chi connectivity index (χ1n) is 3.91. The van der Waals surface area contributed by atoms with Crippen molar-refractivity contribution < 1.29 is 4.39 Å². The number of rotatable bonds is 0. The van der Waals surface area contributed by atoms with Gasteiger partial charge in [-0.25, -0.2) is 9.97 Å². The Bertz CT molecular complexity index is 289. The average Bonchev–Trinajstić information content (AvgIpc) is 1.92. The molecule has 0 bridgehead atoms. The topological polar surface area (TPSA) is 25.8 Å². The summed E-state index contributed by atoms with van der Waals surface area (Å²) in [7, 11) is 0. The maximum Gasteiger partial charge on any atom is 0.308 e. The van der Waals surface area contributed by atoms with Gasteiger partial charge in [0, 0.05) is 11.6 Å². The summed E-state index contributed by atoms with van der Waals surface area (Å²) in [6.07, 6.45) is 0.869. The molecule has 0 saturated carbocycles. The Morgan fingerprint density at radius 1 is 1.33 bits per heavy atom. The van der Waals surface area contributed by atoms with E-state index in [9.17, 15) is 4.39 Å². The van der Waals surface area contributed by atoms with Crippen molar-refractivity contribution in [1.29, 1.82) is 0 Å². The number of halogens is 1. The monoisotopic (exact) mass is 168 g/mol. The Morgan fingerprint density at radius 2 is 1.92 bits per heavy atom. The molecule has 12 heavy (non-hydrogen) atoms. The fraction of sp³-hybridized carbons (Fsp3) is 0.556. The van der Waals surface area contributed by atoms with Gasteiger partial charge in [-0.05, 0) is 12.5 Å². The van der Waals surface area contributed by atoms with E-state index in [0.29, 0.717) is 0 Å². The molecule has 0 aliphatic heterocycles. The standard InChI is InChI=1S/C9H13FN2/c1-6-5-11-8(10)12-7(6)9(2,3)4/h5H,1-4H3. The van der Waals surface area contributed by atoms with Crippen molar-refractivity contribution in [2.75, 3.05) is 0 Å². The molecule has 1 heterocycles. The smallest absolute Gasteiger partial charge is 0.211 e. The molecule has 0 aromatic carbocycles. The maximum absolute atomic E-state index is 12.7. The van der Waals surface area contributed by atoms with Crippen LogP contribution in [0.25, 0.3) is 0 Å². The minimum Gasteiger partial charge on any atom is -0.211 e. The lowest BCUT2D eigenvalue weighted by Gasteiger charge is -2.19. The summed E-state index contributed by atoms with van der Waals surface area (Å²) in [5, 5.41) is 0. The summed E-state index contributed by atoms with van der Waals surface area (Å²) in [5.74, 6) is 0. The van der Waals surface area contributed by atoms with Gasteiger partial charge in [0.2, 0.25) is 0 Å². The van der Waals surface area contributed by atoms with Crippen LogP contribution in [0.1, 0.15) is 32.0 Å². The molecular weight excluding hydrogens is 155 g/mol. The zero-order valence-electron chi connectivity index (χ0n) is 7.85. The molecule has 0 aliphatic carbocycles. The van der Waals surface area contributed by atoms with Crippen molar-refractivity contribution in [1.82, 2.24) is 9.97 Å². The number of hydrogen-bond donors (Lipinski definition) is 0. The highest BCUT2D eigenvalue weighted by atomic mass is 19.1. The van der Waals surface area contributed by atoms with Gasteiger partial charge in [0.1, 0.15) is 0 Å². The van der Waals surface area contributed by atoms with E-state index in [4.69, 9.17) is 0 Å². The molecule has 66 valence electrons. The van der Waals surface area contributed by atoms with Crippen molar-refractivity contribution in [2.24, 2.45) is 0 Å². The predicted molar refractivity (Wildman–Crippen MR) is 45.4 cm³/mol. The van der Waals surface area contributed by atoms with Crippen molar-refractivity contribution in [2.45, 2.75) is 33.1 Å². The van der Waals surface area contributed by atoms with E-state index >= 15 is 0 Å². The lowest BCUT2D eigenvalue weighted by Crippen LogP contribution is -2.16. The van der Waals surface area contributed by atoms with Crippen LogP contribution in [0.5, 0.6) is 0 Å². The molecule has 0 radical (unpaired) electrons. The average molecular weight is 168 g/mol. The molecule has 0 fully saturated rings. The van der Waals surface area contributed by atoms with Crippen LogP contribution < -0.4 is 0 Å². The van der Waals surface area contributed by atoms with Gasteiger partial charge in [0.25, 0.3) is 0 Å². The molecule has 0 unspecified atom stereocenters. The molecule has 0 N–H and O–H groups in total. The molecule has 0 saturated heterocycles. The van der Waals surface area contributed by atoms with Crippen LogP contribution in [0.15, 0.2) is 6.20 Å². The minimum atomic E-state index is -0.648. The molecular formula is C9H13FN2. The second-order valence-corrected chi connectivity index (χ2v) is 3.92. The van der Waals surface area contributed by atoms with Gasteiger partial charge in [-0.1, -0.05) is 20.8 Å². The Labute approximate surface area is 71.9 Å². The highest BCUT2D eigenvalue weighted by Crippen LogP contribution is 2.22. The first kappa shape index (κ1) is 9.10. The van der Waals surface area contributed by atoms with Gasteiger partial charge in [-0.15, -0.1) is 0 Å². The lowest BCUT2D eigenvalue weighted by atomic mass is 9.89. The zero-order valence-corrected chi connectivity index (χ0v) is 7.85. The van der Waals surface area contributed by atoms with Gasteiger partial charge >= 0.3 is 6.08 Å². The van der Waals surface area contributed by atoms with Gasteiger partial charge in [0.15, 0.2) is 0 Å². The van der Waals surface area contributed by atoms with Crippen LogP contribution in [0.4, 0.5) is 4.39 Å². The van der Waals surface area contributed by atoms with Gasteiger partial charge < -0.3 is 0 Å². The molecule has 0 amide bonds. The van der Waals surface area contributed by atoms with Crippen LogP contribution in [0.3, 0.4) is 0 Å². The van der Waals surface area contributed by atoms with E-state index < -0.39 is 6.08 Å². The zero-order chi connectivity index (χ0) is 9.35. The van der Waals surface area contributed by atoms with Crippen LogP contribution >= 0.6 is 0 Å². The third-order valence-electron chi connectivity index (χ3n) is 1.65. The summed E-state index contributed by atoms with van der Waals surface area (Å²) >= 11 is 0. The summed E-state index contributed by atoms with van der Waals surface area (Å²) in [6.45, 7) is 7.89. The van der Waals surface area contributed by atoms with Gasteiger partial charge in [-0.2, -0.15) is 4.39 Å². The van der Waals surface area contributed by atoms with Crippen molar-refractivity contribution in [3.63, 3.8) is 0 Å². The predicted octanol–water partition coefficient (Wildman–Crippen LogP) is 2.22. The van der Waals surface area contributed by atoms with E-state index in [1.807, 2.05) is 27.7 Å². The first-order valence-corrected chi connectivity index (χ1v) is 3.91. The van der Waals surface area contributed by atoms with Gasteiger partial charge in [-0.3, -0.25) is 0 Å². The van der Waals surface area contributed by atoms with Crippen molar-refractivity contribution >= 4 is 0 Å². The Morgan fingerprint density at radius 3 is 2.33 bits per heavy atom. The van der Waals surface area contributed by atoms with Crippen molar-refractivity contribution in [3.05, 3.63) is 23.5 Å². The van der Waals surface area contributed by atoms with E-state index in [0.717, 1.165) is 11.3 Å².